The van der Waals surface area contributed by atoms with Crippen molar-refractivity contribution in [3.8, 4) is 11.5 Å². The fraction of sp³-hybridized carbons (Fsp3) is 0.478. The number of nitrogens with zero attached hydrogens (tertiary/aromatic N) is 2. The maximum atomic E-state index is 12.0. The Bertz CT molecular complexity index is 870. The van der Waals surface area contributed by atoms with Crippen LogP contribution >= 0.6 is 11.6 Å². The van der Waals surface area contributed by atoms with Crippen molar-refractivity contribution in [1.82, 2.24) is 4.90 Å². The first-order valence-corrected chi connectivity index (χ1v) is 10.5. The number of hydrogen-bond acceptors (Lipinski definition) is 3. The van der Waals surface area contributed by atoms with Gasteiger partial charge >= 0.3 is 0 Å². The Kier molecular flexibility index (Phi) is 5.44. The molecule has 2 aliphatic rings. The van der Waals surface area contributed by atoms with Gasteiger partial charge in [0.2, 0.25) is 0 Å². The van der Waals surface area contributed by atoms with Crippen molar-refractivity contribution in [1.29, 1.82) is 0 Å². The predicted molar refractivity (Wildman–Crippen MR) is 113 cm³/mol. The van der Waals surface area contributed by atoms with Crippen molar-refractivity contribution in [3.63, 3.8) is 0 Å². The molecule has 2 saturated heterocycles. The van der Waals surface area contributed by atoms with Crippen LogP contribution in [0.2, 0.25) is 5.02 Å². The monoisotopic (exact) mass is 399 g/mol. The van der Waals surface area contributed by atoms with Crippen molar-refractivity contribution in [2.45, 2.75) is 45.2 Å². The van der Waals surface area contributed by atoms with E-state index >= 15 is 0 Å². The van der Waals surface area contributed by atoms with Crippen LogP contribution in [-0.2, 0) is 5.11 Å². The Hall–Kier alpha value is -1.91. The van der Waals surface area contributed by atoms with Crippen molar-refractivity contribution >= 4 is 17.3 Å². The molecule has 5 heteroatoms. The maximum absolute atomic E-state index is 12.0. The molecule has 28 heavy (non-hydrogen) atoms. The summed E-state index contributed by atoms with van der Waals surface area (Å²) < 4.78 is 5.40. The van der Waals surface area contributed by atoms with E-state index in [-0.39, 0.29) is 5.75 Å². The minimum atomic E-state index is 0.148. The Morgan fingerprint density at radius 2 is 1.89 bits per heavy atom. The predicted octanol–water partition coefficient (Wildman–Crippen LogP) is 5.53. The third kappa shape index (κ3) is 3.44. The highest BCUT2D eigenvalue weighted by Gasteiger charge is 2.36. The molecule has 0 unspecified atom stereocenters. The summed E-state index contributed by atoms with van der Waals surface area (Å²) >= 11 is 6.20. The van der Waals surface area contributed by atoms with Crippen LogP contribution < -0.4 is 9.64 Å². The Balaban J connectivity index is 1.56. The van der Waals surface area contributed by atoms with Gasteiger partial charge in [0.05, 0.1) is 12.1 Å². The number of methoxy groups -OCH3 is 1. The van der Waals surface area contributed by atoms with Gasteiger partial charge in [0.25, 0.3) is 0 Å². The van der Waals surface area contributed by atoms with Crippen molar-refractivity contribution in [2.75, 3.05) is 31.6 Å². The number of ether oxygens (including phenoxy) is 1. The second kappa shape index (κ2) is 7.84. The fourth-order valence-corrected chi connectivity index (χ4v) is 5.04. The highest BCUT2D eigenvalue weighted by Crippen LogP contribution is 2.40. The average Bonchev–Trinajstić information content (AvgIpc) is 2.72. The molecule has 0 aromatic heterocycles. The first-order chi connectivity index (χ1) is 13.5. The summed E-state index contributed by atoms with van der Waals surface area (Å²) in [6.07, 6.45) is 3.61. The van der Waals surface area contributed by atoms with E-state index in [2.05, 4.69) is 28.9 Å². The van der Waals surface area contributed by atoms with Crippen LogP contribution in [0, 0.1) is 13.8 Å². The van der Waals surface area contributed by atoms with E-state index in [0.29, 0.717) is 17.1 Å². The molecule has 2 aromatic carbocycles. The number of rotatable bonds is 3. The van der Waals surface area contributed by atoms with Crippen molar-refractivity contribution in [3.05, 3.63) is 52.0 Å². The largest absolute Gasteiger partial charge is 0.495 e. The topological polar surface area (TPSA) is 35.6 Å². The molecule has 2 aromatic rings. The highest BCUT2D eigenvalue weighted by molar-refractivity contribution is 6.32. The minimum Gasteiger partial charge on any atom is -0.495 e. The van der Waals surface area contributed by atoms with Crippen LogP contribution in [-0.4, -0.2) is 37.7 Å². The van der Waals surface area contributed by atoms with Crippen molar-refractivity contribution < 1.29 is 9.84 Å². The van der Waals surface area contributed by atoms with E-state index in [4.69, 9.17) is 16.3 Å². The van der Waals surface area contributed by atoms with Crippen molar-refractivity contribution in [2.24, 2.45) is 0 Å². The molecule has 0 bridgehead atoms. The van der Waals surface area contributed by atoms with Gasteiger partial charge in [-0.1, -0.05) is 17.7 Å². The second-order valence-corrected chi connectivity index (χ2v) is 8.41. The third-order valence-electron chi connectivity index (χ3n) is 6.58. The van der Waals surface area contributed by atoms with Crippen LogP contribution in [0.5, 0.6) is 11.5 Å². The van der Waals surface area contributed by atoms with E-state index in [1.807, 2.05) is 19.1 Å². The molecule has 2 aliphatic heterocycles. The van der Waals surface area contributed by atoms with Crippen LogP contribution in [0.3, 0.4) is 0 Å². The standard InChI is InChI=1S/C23H28ClN2O2/c1-15-16(2)22(27)10-8-19(15)21-6-4-5-18-14-25(11-12-26(18)21)17-7-9-20(24)23(13-17)28-3/h7-10,13,18,21H,4-6,11-12,14H2,1-3H3/t18-,21+/m0/s1. The van der Waals surface area contributed by atoms with Gasteiger partial charge < -0.3 is 9.64 Å². The number of anilines is 1. The van der Waals surface area contributed by atoms with E-state index in [1.54, 1.807) is 13.2 Å². The van der Waals surface area contributed by atoms with Crippen LogP contribution in [0.4, 0.5) is 5.69 Å². The number of piperidine rings is 1. The Morgan fingerprint density at radius 1 is 1.07 bits per heavy atom. The smallest absolute Gasteiger partial charge is 0.181 e. The quantitative estimate of drug-likeness (QED) is 0.681. The summed E-state index contributed by atoms with van der Waals surface area (Å²) in [5, 5.41) is 12.6. The number of piperazine rings is 1. The first-order valence-electron chi connectivity index (χ1n) is 10.1. The van der Waals surface area contributed by atoms with Gasteiger partial charge in [-0.25, -0.2) is 0 Å². The summed E-state index contributed by atoms with van der Waals surface area (Å²) in [5.74, 6) is 0.877. The summed E-state index contributed by atoms with van der Waals surface area (Å²) in [4.78, 5) is 5.11. The molecule has 0 spiro atoms. The number of hydrogen-bond donors (Lipinski definition) is 0. The number of halogens is 1. The summed E-state index contributed by atoms with van der Waals surface area (Å²) in [5.41, 5.74) is 4.57. The average molecular weight is 400 g/mol. The molecule has 0 saturated carbocycles. The molecule has 1 radical (unpaired) electrons. The zero-order valence-corrected chi connectivity index (χ0v) is 17.6. The lowest BCUT2D eigenvalue weighted by atomic mass is 9.86. The van der Waals surface area contributed by atoms with E-state index in [9.17, 15) is 5.11 Å². The van der Waals surface area contributed by atoms with Gasteiger partial charge in [0.1, 0.15) is 5.75 Å². The molecule has 2 heterocycles. The number of fused-ring (bicyclic) bond motifs is 1. The van der Waals surface area contributed by atoms with Gasteiger partial charge in [-0.05, 0) is 68.0 Å². The zero-order chi connectivity index (χ0) is 19.8. The normalized spacial score (nSPS) is 22.8. The molecule has 4 rings (SSSR count). The summed E-state index contributed by atoms with van der Waals surface area (Å²) in [6.45, 7) is 7.07. The molecule has 2 atom stereocenters. The lowest BCUT2D eigenvalue weighted by Crippen LogP contribution is -2.56. The van der Waals surface area contributed by atoms with E-state index in [0.717, 1.165) is 30.9 Å². The Labute approximate surface area is 172 Å². The molecule has 149 valence electrons. The first kappa shape index (κ1) is 19.4. The SMILES string of the molecule is COc1cc(N2CCN3[C@@H](CCC[C@@H]3c3ccc([O])c(C)c3C)C2)ccc1Cl. The van der Waals surface area contributed by atoms with E-state index < -0.39 is 0 Å². The Morgan fingerprint density at radius 3 is 2.68 bits per heavy atom. The van der Waals surface area contributed by atoms with Gasteiger partial charge in [-0.3, -0.25) is 10.0 Å². The van der Waals surface area contributed by atoms with Crippen LogP contribution in [0.15, 0.2) is 30.3 Å². The van der Waals surface area contributed by atoms with Gasteiger partial charge in [0, 0.05) is 43.5 Å². The maximum Gasteiger partial charge on any atom is 0.181 e. The molecule has 0 amide bonds. The molecule has 0 aliphatic carbocycles. The second-order valence-electron chi connectivity index (χ2n) is 8.01. The summed E-state index contributed by atoms with van der Waals surface area (Å²) in [6, 6.07) is 10.8. The highest BCUT2D eigenvalue weighted by atomic mass is 35.5. The lowest BCUT2D eigenvalue weighted by molar-refractivity contribution is 0.0712. The fourth-order valence-electron chi connectivity index (χ4n) is 4.84. The molecule has 0 N–H and O–H groups in total. The zero-order valence-electron chi connectivity index (χ0n) is 16.9. The number of benzene rings is 2. The van der Waals surface area contributed by atoms with Gasteiger partial charge in [0.15, 0.2) is 5.75 Å². The van der Waals surface area contributed by atoms with E-state index in [1.165, 1.54) is 36.1 Å². The molecular weight excluding hydrogens is 372 g/mol. The summed E-state index contributed by atoms with van der Waals surface area (Å²) in [7, 11) is 1.66. The van der Waals surface area contributed by atoms with Gasteiger partial charge in [-0.15, -0.1) is 0 Å². The lowest BCUT2D eigenvalue weighted by Gasteiger charge is -2.49. The molecular formula is C23H28ClN2O2. The van der Waals surface area contributed by atoms with Gasteiger partial charge in [-0.2, -0.15) is 0 Å². The minimum absolute atomic E-state index is 0.148. The molecule has 2 fully saturated rings. The van der Waals surface area contributed by atoms with Crippen LogP contribution in [0.25, 0.3) is 0 Å². The third-order valence-corrected chi connectivity index (χ3v) is 6.89. The van der Waals surface area contributed by atoms with Crippen LogP contribution in [0.1, 0.15) is 42.0 Å². The molecule has 4 nitrogen and oxygen atoms in total.